The number of halogens is 1. The number of aryl methyl sites for hydroxylation is 1. The third-order valence-electron chi connectivity index (χ3n) is 2.17. The molecule has 0 saturated heterocycles. The second-order valence-electron chi connectivity index (χ2n) is 3.39. The van der Waals surface area contributed by atoms with Gasteiger partial charge in [0.05, 0.1) is 0 Å². The number of H-pyrrole nitrogens is 1. The minimum atomic E-state index is 0.791. The Hall–Kier alpha value is -1.29. The predicted molar refractivity (Wildman–Crippen MR) is 64.8 cm³/mol. The minimum absolute atomic E-state index is 0.791. The summed E-state index contributed by atoms with van der Waals surface area (Å²) in [6.07, 6.45) is 5.69. The molecule has 0 spiro atoms. The smallest absolute Gasteiger partial charge is 0.129 e. The monoisotopic (exact) mass is 265 g/mol. The van der Waals surface area contributed by atoms with E-state index in [1.165, 1.54) is 5.56 Å². The van der Waals surface area contributed by atoms with E-state index in [0.717, 1.165) is 22.4 Å². The van der Waals surface area contributed by atoms with E-state index in [2.05, 4.69) is 31.2 Å². The Balaban J connectivity index is 2.05. The van der Waals surface area contributed by atoms with Gasteiger partial charge >= 0.3 is 0 Å². The van der Waals surface area contributed by atoms with Crippen LogP contribution in [0.3, 0.4) is 0 Å². The minimum Gasteiger partial charge on any atom is -0.367 e. The summed E-state index contributed by atoms with van der Waals surface area (Å²) in [6.45, 7) is 2.83. The summed E-state index contributed by atoms with van der Waals surface area (Å²) in [5.74, 6) is 0.930. The van der Waals surface area contributed by atoms with Gasteiger partial charge in [-0.2, -0.15) is 0 Å². The van der Waals surface area contributed by atoms with Gasteiger partial charge in [0.2, 0.25) is 0 Å². The van der Waals surface area contributed by atoms with Gasteiger partial charge in [-0.25, -0.2) is 4.98 Å². The van der Waals surface area contributed by atoms with E-state index in [-0.39, 0.29) is 0 Å². The Bertz CT molecular complexity index is 437. The fourth-order valence-electron chi connectivity index (χ4n) is 1.38. The van der Waals surface area contributed by atoms with Gasteiger partial charge in [0, 0.05) is 29.6 Å². The maximum absolute atomic E-state index is 4.31. The highest BCUT2D eigenvalue weighted by molar-refractivity contribution is 9.10. The maximum atomic E-state index is 4.31. The molecule has 0 unspecified atom stereocenters. The highest BCUT2D eigenvalue weighted by atomic mass is 79.9. The predicted octanol–water partition coefficient (Wildman–Crippen LogP) is 3.09. The SMILES string of the molecule is Cc1cc(Br)cnc1NCc1cc[nH]c1. The van der Waals surface area contributed by atoms with E-state index < -0.39 is 0 Å². The lowest BCUT2D eigenvalue weighted by Gasteiger charge is -2.07. The van der Waals surface area contributed by atoms with Crippen LogP contribution in [0.25, 0.3) is 0 Å². The third kappa shape index (κ3) is 2.59. The van der Waals surface area contributed by atoms with Crippen LogP contribution in [0.5, 0.6) is 0 Å². The van der Waals surface area contributed by atoms with Crippen LogP contribution in [-0.4, -0.2) is 9.97 Å². The number of aromatic amines is 1. The molecule has 2 heterocycles. The molecule has 2 aromatic rings. The largest absolute Gasteiger partial charge is 0.367 e. The van der Waals surface area contributed by atoms with Gasteiger partial charge in [-0.1, -0.05) is 0 Å². The first-order valence-corrected chi connectivity index (χ1v) is 5.52. The Morgan fingerprint density at radius 2 is 2.40 bits per heavy atom. The highest BCUT2D eigenvalue weighted by Gasteiger charge is 2.00. The lowest BCUT2D eigenvalue weighted by atomic mass is 10.3. The Morgan fingerprint density at radius 1 is 1.53 bits per heavy atom. The first-order chi connectivity index (χ1) is 7.25. The van der Waals surface area contributed by atoms with E-state index in [4.69, 9.17) is 0 Å². The van der Waals surface area contributed by atoms with Gasteiger partial charge in [0.15, 0.2) is 0 Å². The maximum Gasteiger partial charge on any atom is 0.129 e. The Kier molecular flexibility index (Phi) is 3.06. The average Bonchev–Trinajstić information content (AvgIpc) is 2.69. The van der Waals surface area contributed by atoms with Crippen molar-refractivity contribution >= 4 is 21.7 Å². The summed E-state index contributed by atoms with van der Waals surface area (Å²) < 4.78 is 1.01. The molecule has 78 valence electrons. The molecule has 2 N–H and O–H groups in total. The molecule has 0 aliphatic carbocycles. The number of nitrogens with zero attached hydrogens (tertiary/aromatic N) is 1. The van der Waals surface area contributed by atoms with Crippen LogP contribution in [0.4, 0.5) is 5.82 Å². The summed E-state index contributed by atoms with van der Waals surface area (Å²) in [5, 5.41) is 3.29. The topological polar surface area (TPSA) is 40.7 Å². The number of pyridine rings is 1. The van der Waals surface area contributed by atoms with Crippen molar-refractivity contribution in [2.45, 2.75) is 13.5 Å². The molecule has 0 saturated carbocycles. The van der Waals surface area contributed by atoms with E-state index in [1.54, 1.807) is 6.20 Å². The van der Waals surface area contributed by atoms with Crippen LogP contribution in [0, 0.1) is 6.92 Å². The van der Waals surface area contributed by atoms with Crippen LogP contribution < -0.4 is 5.32 Å². The van der Waals surface area contributed by atoms with Gasteiger partial charge in [-0.05, 0) is 46.1 Å². The molecule has 2 aromatic heterocycles. The molecular weight excluding hydrogens is 254 g/mol. The molecule has 3 nitrogen and oxygen atoms in total. The van der Waals surface area contributed by atoms with Crippen LogP contribution in [0.1, 0.15) is 11.1 Å². The van der Waals surface area contributed by atoms with E-state index in [1.807, 2.05) is 31.5 Å². The van der Waals surface area contributed by atoms with E-state index in [0.29, 0.717) is 0 Å². The molecule has 2 rings (SSSR count). The fraction of sp³-hybridized carbons (Fsp3) is 0.182. The molecule has 0 fully saturated rings. The standard InChI is InChI=1S/C11H12BrN3/c1-8-4-10(12)7-15-11(8)14-6-9-2-3-13-5-9/h2-5,7,13H,6H2,1H3,(H,14,15). The molecular formula is C11H12BrN3. The molecule has 0 amide bonds. The van der Waals surface area contributed by atoms with Crippen molar-refractivity contribution in [1.82, 2.24) is 9.97 Å². The zero-order valence-electron chi connectivity index (χ0n) is 8.42. The average molecular weight is 266 g/mol. The summed E-state index contributed by atoms with van der Waals surface area (Å²) >= 11 is 3.39. The lowest BCUT2D eigenvalue weighted by molar-refractivity contribution is 1.10. The van der Waals surface area contributed by atoms with Gasteiger partial charge in [-0.15, -0.1) is 0 Å². The lowest BCUT2D eigenvalue weighted by Crippen LogP contribution is -2.02. The van der Waals surface area contributed by atoms with Gasteiger partial charge in [0.1, 0.15) is 5.82 Å². The van der Waals surface area contributed by atoms with Crippen molar-refractivity contribution in [1.29, 1.82) is 0 Å². The van der Waals surface area contributed by atoms with Gasteiger partial charge in [0.25, 0.3) is 0 Å². The number of nitrogens with one attached hydrogen (secondary N) is 2. The normalized spacial score (nSPS) is 10.3. The second kappa shape index (κ2) is 4.49. The fourth-order valence-corrected chi connectivity index (χ4v) is 1.83. The number of anilines is 1. The van der Waals surface area contributed by atoms with Crippen LogP contribution >= 0.6 is 15.9 Å². The summed E-state index contributed by atoms with van der Waals surface area (Å²) in [6, 6.07) is 4.09. The zero-order chi connectivity index (χ0) is 10.7. The number of hydrogen-bond acceptors (Lipinski definition) is 2. The summed E-state index contributed by atoms with van der Waals surface area (Å²) in [7, 11) is 0. The molecule has 15 heavy (non-hydrogen) atoms. The quantitative estimate of drug-likeness (QED) is 0.896. The molecule has 0 aromatic carbocycles. The van der Waals surface area contributed by atoms with Crippen LogP contribution in [0.15, 0.2) is 35.2 Å². The van der Waals surface area contributed by atoms with Crippen LogP contribution in [-0.2, 0) is 6.54 Å². The molecule has 4 heteroatoms. The Morgan fingerprint density at radius 3 is 3.07 bits per heavy atom. The second-order valence-corrected chi connectivity index (χ2v) is 4.31. The molecule has 0 bridgehead atoms. The van der Waals surface area contributed by atoms with Crippen molar-refractivity contribution in [3.05, 3.63) is 46.3 Å². The van der Waals surface area contributed by atoms with Crippen molar-refractivity contribution in [2.75, 3.05) is 5.32 Å². The van der Waals surface area contributed by atoms with Crippen LogP contribution in [0.2, 0.25) is 0 Å². The first kappa shape index (κ1) is 10.2. The van der Waals surface area contributed by atoms with Gasteiger partial charge < -0.3 is 10.3 Å². The number of aromatic nitrogens is 2. The molecule has 0 aliphatic heterocycles. The molecule has 0 atom stereocenters. The first-order valence-electron chi connectivity index (χ1n) is 4.73. The third-order valence-corrected chi connectivity index (χ3v) is 2.60. The van der Waals surface area contributed by atoms with E-state index in [9.17, 15) is 0 Å². The van der Waals surface area contributed by atoms with E-state index >= 15 is 0 Å². The van der Waals surface area contributed by atoms with Crippen molar-refractivity contribution in [3.63, 3.8) is 0 Å². The summed E-state index contributed by atoms with van der Waals surface area (Å²) in [4.78, 5) is 7.33. The zero-order valence-corrected chi connectivity index (χ0v) is 10.0. The van der Waals surface area contributed by atoms with Crippen molar-refractivity contribution in [3.8, 4) is 0 Å². The Labute approximate surface area is 97.1 Å². The number of hydrogen-bond donors (Lipinski definition) is 2. The van der Waals surface area contributed by atoms with Gasteiger partial charge in [-0.3, -0.25) is 0 Å². The van der Waals surface area contributed by atoms with Crippen molar-refractivity contribution < 1.29 is 0 Å². The molecule has 0 radical (unpaired) electrons. The molecule has 0 aliphatic rings. The van der Waals surface area contributed by atoms with Crippen molar-refractivity contribution in [2.24, 2.45) is 0 Å². The highest BCUT2D eigenvalue weighted by Crippen LogP contribution is 2.17. The number of rotatable bonds is 3. The summed E-state index contributed by atoms with van der Waals surface area (Å²) in [5.41, 5.74) is 2.36.